The van der Waals surface area contributed by atoms with E-state index >= 15 is 0 Å². The summed E-state index contributed by atoms with van der Waals surface area (Å²) in [6.45, 7) is 29.7. The van der Waals surface area contributed by atoms with Crippen molar-refractivity contribution in [3.05, 3.63) is 24.3 Å². The summed E-state index contributed by atoms with van der Waals surface area (Å²) < 4.78 is 0. The van der Waals surface area contributed by atoms with Gasteiger partial charge in [-0.2, -0.15) is 0 Å². The van der Waals surface area contributed by atoms with Crippen LogP contribution in [0, 0.1) is 35.5 Å². The Morgan fingerprint density at radius 3 is 0.914 bits per heavy atom. The normalized spacial score (nSPS) is 30.4. The van der Waals surface area contributed by atoms with E-state index in [2.05, 4.69) is 107 Å². The maximum absolute atomic E-state index is 5.27. The molecule has 35 heavy (non-hydrogen) atoms. The highest BCUT2D eigenvalue weighted by molar-refractivity contribution is 9.35. The molecule has 0 unspecified atom stereocenters. The summed E-state index contributed by atoms with van der Waals surface area (Å²) >= 11 is 5.27. The Bertz CT molecular complexity index is 686. The van der Waals surface area contributed by atoms with Crippen molar-refractivity contribution in [3.63, 3.8) is 0 Å². The molecule has 4 rings (SSSR count). The Hall–Kier alpha value is 1.04. The van der Waals surface area contributed by atoms with Crippen LogP contribution in [-0.4, -0.2) is 33.2 Å². The third kappa shape index (κ3) is 3.98. The van der Waals surface area contributed by atoms with Gasteiger partial charge in [0.2, 0.25) is 0 Å². The second-order valence-corrected chi connectivity index (χ2v) is 82.9. The van der Waals surface area contributed by atoms with Crippen LogP contribution in [0.25, 0.3) is 0 Å². The minimum absolute atomic E-state index is 0.890. The maximum atomic E-state index is 5.27. The van der Waals surface area contributed by atoms with Crippen molar-refractivity contribution in [2.24, 2.45) is 35.5 Å². The van der Waals surface area contributed by atoms with Crippen molar-refractivity contribution in [3.8, 4) is 0 Å². The Kier molecular flexibility index (Phi) is 9.22. The Morgan fingerprint density at radius 2 is 0.714 bits per heavy atom. The first-order chi connectivity index (χ1) is 16.1. The molecule has 1 aliphatic carbocycles. The van der Waals surface area contributed by atoms with Gasteiger partial charge in [0, 0.05) is 28.0 Å². The second-order valence-electron chi connectivity index (χ2n) is 15.6. The molecule has 202 valence electrons. The van der Waals surface area contributed by atoms with Gasteiger partial charge in [-0.3, -0.25) is 0 Å². The average Bonchev–Trinajstić information content (AvgIpc) is 3.18. The number of hydrogen-bond donors (Lipinski definition) is 0. The smallest absolute Gasteiger partial charge is 0.101 e. The molecular weight excluding hydrogens is 569 g/mol. The summed E-state index contributed by atoms with van der Waals surface area (Å²) in [4.78, 5) is 0. The third-order valence-corrected chi connectivity index (χ3v) is 195. The molecule has 0 saturated carbocycles. The number of halogens is 1. The molecule has 0 aromatic carbocycles. The predicted octanol–water partition coefficient (Wildman–Crippen LogP) is 10.1. The number of allylic oxidation sites excluding steroid dienone is 4. The molecule has 3 heterocycles. The maximum Gasteiger partial charge on any atom is 0.101 e. The largest absolute Gasteiger partial charge is 0.137 e. The van der Waals surface area contributed by atoms with Crippen LogP contribution < -0.4 is 0 Å². The fourth-order valence-electron chi connectivity index (χ4n) is 11.3. The van der Waals surface area contributed by atoms with E-state index in [1.54, 1.807) is 36.3 Å². The van der Waals surface area contributed by atoms with E-state index in [1.807, 2.05) is 0 Å². The summed E-state index contributed by atoms with van der Waals surface area (Å²) in [6.07, 6.45) is 10.6. The van der Waals surface area contributed by atoms with Crippen molar-refractivity contribution >= 4 is 48.5 Å². The molecule has 0 atom stereocenters. The molecule has 3 fully saturated rings. The zero-order valence-electron chi connectivity index (χ0n) is 25.5. The molecule has 0 spiro atoms. The van der Waals surface area contributed by atoms with Gasteiger partial charge >= 0.3 is 0 Å². The van der Waals surface area contributed by atoms with Gasteiger partial charge in [0.25, 0.3) is 0 Å². The van der Waals surface area contributed by atoms with Crippen molar-refractivity contribution in [2.75, 3.05) is 0 Å². The standard InChI is InChI=1S/C29H59BrSi5/c1-23(2)17-31(18-24(3)4)34(29-15-13-14-16-29)32(19-25(5)6,20-26(7)8)35(31,30)33(34,21-27(9)10)22-28(11)12/h13-16,23-29H,17-22H2,1-12H3. The minimum Gasteiger partial charge on any atom is -0.137 e. The van der Waals surface area contributed by atoms with Crippen LogP contribution in [0.3, 0.4) is 0 Å². The SMILES string of the molecule is CC(C)C[Si]1(CC(C)C)[Si]2(Br)[Si](CC(C)C)(CC(C)C)[Si]1(C1C=CC=C1)[Si]2(CC(C)C)CC(C)C. The van der Waals surface area contributed by atoms with E-state index in [-0.39, 0.29) is 0 Å². The van der Waals surface area contributed by atoms with Crippen molar-refractivity contribution in [1.82, 2.24) is 0 Å². The monoisotopic (exact) mass is 626 g/mol. The van der Waals surface area contributed by atoms with Gasteiger partial charge in [-0.25, -0.2) is 0 Å². The van der Waals surface area contributed by atoms with Gasteiger partial charge in [0.1, 0.15) is 5.25 Å². The van der Waals surface area contributed by atoms with E-state index in [0.717, 1.165) is 41.0 Å². The molecule has 4 aliphatic rings. The average molecular weight is 628 g/mol. The van der Waals surface area contributed by atoms with E-state index < -0.39 is 33.2 Å². The van der Waals surface area contributed by atoms with Crippen molar-refractivity contribution < 1.29 is 0 Å². The lowest BCUT2D eigenvalue weighted by Gasteiger charge is -3.00. The summed E-state index contributed by atoms with van der Waals surface area (Å²) in [5.41, 5.74) is 0.923. The topological polar surface area (TPSA) is 0 Å². The summed E-state index contributed by atoms with van der Waals surface area (Å²) in [5, 5.41) is -1.44. The fraction of sp³-hybridized carbons (Fsp3) is 0.862. The molecule has 0 aromatic rings. The molecule has 2 bridgehead atoms. The predicted molar refractivity (Wildman–Crippen MR) is 178 cm³/mol. The van der Waals surface area contributed by atoms with Gasteiger partial charge < -0.3 is 0 Å². The number of hydrogen-bond acceptors (Lipinski definition) is 0. The highest BCUT2D eigenvalue weighted by Crippen LogP contribution is 2.83. The van der Waals surface area contributed by atoms with Crippen molar-refractivity contribution in [2.45, 2.75) is 125 Å². The molecule has 0 amide bonds. The first kappa shape index (κ1) is 30.6. The van der Waals surface area contributed by atoms with Gasteiger partial charge in [0.15, 0.2) is 0 Å². The van der Waals surface area contributed by atoms with Crippen LogP contribution >= 0.6 is 15.3 Å². The van der Waals surface area contributed by atoms with Crippen LogP contribution in [0.4, 0.5) is 0 Å². The van der Waals surface area contributed by atoms with Gasteiger partial charge in [-0.1, -0.05) is 144 Å². The van der Waals surface area contributed by atoms with E-state index in [0.29, 0.717) is 0 Å². The Morgan fingerprint density at radius 1 is 0.486 bits per heavy atom. The summed E-state index contributed by atoms with van der Waals surface area (Å²) in [7, 11) is -4.01. The number of rotatable bonds is 13. The second kappa shape index (κ2) is 10.6. The first-order valence-electron chi connectivity index (χ1n) is 15.1. The quantitative estimate of drug-likeness (QED) is 0.141. The lowest BCUT2D eigenvalue weighted by molar-refractivity contribution is 0.673. The van der Waals surface area contributed by atoms with Crippen LogP contribution in [0.1, 0.15) is 83.1 Å². The molecule has 3 aliphatic heterocycles. The fourth-order valence-corrected chi connectivity index (χ4v) is 367. The van der Waals surface area contributed by atoms with Crippen molar-refractivity contribution in [1.29, 1.82) is 0 Å². The Balaban J connectivity index is 2.45. The summed E-state index contributed by atoms with van der Waals surface area (Å²) in [6, 6.07) is 10.1. The minimum atomic E-state index is -1.45. The molecule has 3 saturated heterocycles. The van der Waals surface area contributed by atoms with Crippen LogP contribution in [-0.2, 0) is 0 Å². The lowest BCUT2D eigenvalue weighted by atomic mass is 10.3. The first-order valence-corrected chi connectivity index (χ1v) is 34.7. The molecule has 6 heteroatoms. The summed E-state index contributed by atoms with van der Waals surface area (Å²) in [5.74, 6) is 5.34. The molecule has 0 aromatic heterocycles. The molecule has 0 radical (unpaired) electrons. The highest BCUT2D eigenvalue weighted by Gasteiger charge is 3.08. The van der Waals surface area contributed by atoms with E-state index in [1.165, 1.54) is 0 Å². The molecule has 0 N–H and O–H groups in total. The van der Waals surface area contributed by atoms with Gasteiger partial charge in [0.05, 0.1) is 0 Å². The zero-order valence-corrected chi connectivity index (χ0v) is 32.1. The lowest BCUT2D eigenvalue weighted by Crippen LogP contribution is -3.30. The van der Waals surface area contributed by atoms with Crippen LogP contribution in [0.2, 0.25) is 41.8 Å². The highest BCUT2D eigenvalue weighted by atomic mass is 79.9. The van der Waals surface area contributed by atoms with E-state index in [4.69, 9.17) is 15.3 Å². The molecular formula is C29H59BrSi5. The van der Waals surface area contributed by atoms with E-state index in [9.17, 15) is 0 Å². The van der Waals surface area contributed by atoms with Gasteiger partial charge in [-0.05, 0) is 41.0 Å². The zero-order chi connectivity index (χ0) is 26.6. The third-order valence-electron chi connectivity index (χ3n) is 10.0. The Labute approximate surface area is 232 Å². The molecule has 0 nitrogen and oxygen atoms in total. The van der Waals surface area contributed by atoms with Gasteiger partial charge in [-0.15, -0.1) is 15.3 Å². The van der Waals surface area contributed by atoms with Crippen LogP contribution in [0.5, 0.6) is 0 Å². The van der Waals surface area contributed by atoms with Crippen LogP contribution in [0.15, 0.2) is 24.3 Å².